The van der Waals surface area contributed by atoms with Gasteiger partial charge in [0.15, 0.2) is 0 Å². The van der Waals surface area contributed by atoms with Crippen LogP contribution in [-0.2, 0) is 14.3 Å². The van der Waals surface area contributed by atoms with Crippen LogP contribution in [-0.4, -0.2) is 18.9 Å². The Bertz CT molecular complexity index is 293. The maximum Gasteiger partial charge on any atom is 0.316 e. The topological polar surface area (TPSA) is 43.4 Å². The SMILES string of the molecule is COC(=O)C1C(=O)CC2CC=CCC21. The fraction of sp³-hybridized carbons (Fsp3) is 0.636. The second-order valence-corrected chi connectivity index (χ2v) is 4.04. The fourth-order valence-electron chi connectivity index (χ4n) is 2.59. The van der Waals surface area contributed by atoms with Crippen LogP contribution in [0.2, 0.25) is 0 Å². The molecule has 3 nitrogen and oxygen atoms in total. The molecule has 1 fully saturated rings. The van der Waals surface area contributed by atoms with E-state index in [9.17, 15) is 9.59 Å². The highest BCUT2D eigenvalue weighted by Gasteiger charge is 2.46. The molecule has 2 aliphatic carbocycles. The number of allylic oxidation sites excluding steroid dienone is 2. The molecule has 14 heavy (non-hydrogen) atoms. The van der Waals surface area contributed by atoms with Gasteiger partial charge in [-0.05, 0) is 24.7 Å². The van der Waals surface area contributed by atoms with Crippen LogP contribution in [0.3, 0.4) is 0 Å². The maximum absolute atomic E-state index is 11.6. The highest BCUT2D eigenvalue weighted by atomic mass is 16.5. The van der Waals surface area contributed by atoms with Gasteiger partial charge in [0.25, 0.3) is 0 Å². The van der Waals surface area contributed by atoms with Crippen molar-refractivity contribution < 1.29 is 14.3 Å². The van der Waals surface area contributed by atoms with Crippen molar-refractivity contribution in [3.05, 3.63) is 12.2 Å². The molecule has 0 aliphatic heterocycles. The normalized spacial score (nSPS) is 35.5. The molecule has 0 spiro atoms. The van der Waals surface area contributed by atoms with Crippen molar-refractivity contribution in [1.82, 2.24) is 0 Å². The van der Waals surface area contributed by atoms with Gasteiger partial charge in [-0.25, -0.2) is 0 Å². The first-order chi connectivity index (χ1) is 6.74. The molecule has 0 bridgehead atoms. The number of hydrogen-bond donors (Lipinski definition) is 0. The van der Waals surface area contributed by atoms with Crippen molar-refractivity contribution in [2.24, 2.45) is 17.8 Å². The van der Waals surface area contributed by atoms with Crippen LogP contribution in [0.5, 0.6) is 0 Å². The number of hydrogen-bond acceptors (Lipinski definition) is 3. The summed E-state index contributed by atoms with van der Waals surface area (Å²) in [6.45, 7) is 0. The Morgan fingerprint density at radius 2 is 2.14 bits per heavy atom. The number of ketones is 1. The van der Waals surface area contributed by atoms with Gasteiger partial charge in [0.1, 0.15) is 11.7 Å². The summed E-state index contributed by atoms with van der Waals surface area (Å²) in [4.78, 5) is 23.0. The summed E-state index contributed by atoms with van der Waals surface area (Å²) < 4.78 is 4.67. The van der Waals surface area contributed by atoms with Gasteiger partial charge in [-0.2, -0.15) is 0 Å². The van der Waals surface area contributed by atoms with Gasteiger partial charge in [0.05, 0.1) is 7.11 Å². The first-order valence-electron chi connectivity index (χ1n) is 4.99. The quantitative estimate of drug-likeness (QED) is 0.359. The molecule has 76 valence electrons. The van der Waals surface area contributed by atoms with Crippen molar-refractivity contribution in [2.45, 2.75) is 19.3 Å². The molecular formula is C11H14O3. The lowest BCUT2D eigenvalue weighted by atomic mass is 9.81. The summed E-state index contributed by atoms with van der Waals surface area (Å²) in [5.74, 6) is -0.208. The number of methoxy groups -OCH3 is 1. The molecular weight excluding hydrogens is 180 g/mol. The van der Waals surface area contributed by atoms with Crippen molar-refractivity contribution in [1.29, 1.82) is 0 Å². The third-order valence-electron chi connectivity index (χ3n) is 3.31. The lowest BCUT2D eigenvalue weighted by molar-refractivity contribution is -0.149. The number of rotatable bonds is 1. The van der Waals surface area contributed by atoms with Crippen LogP contribution in [0.15, 0.2) is 12.2 Å². The molecule has 0 saturated heterocycles. The minimum atomic E-state index is -0.491. The van der Waals surface area contributed by atoms with Gasteiger partial charge in [0.2, 0.25) is 0 Å². The van der Waals surface area contributed by atoms with Crippen LogP contribution in [0.25, 0.3) is 0 Å². The zero-order valence-corrected chi connectivity index (χ0v) is 8.23. The maximum atomic E-state index is 11.6. The Morgan fingerprint density at radius 3 is 2.86 bits per heavy atom. The van der Waals surface area contributed by atoms with Crippen LogP contribution in [0, 0.1) is 17.8 Å². The van der Waals surface area contributed by atoms with Gasteiger partial charge in [-0.15, -0.1) is 0 Å². The number of Topliss-reactive ketones (excluding diaryl/α,β-unsaturated/α-hetero) is 1. The van der Waals surface area contributed by atoms with Gasteiger partial charge >= 0.3 is 5.97 Å². The van der Waals surface area contributed by atoms with Crippen LogP contribution in [0.4, 0.5) is 0 Å². The van der Waals surface area contributed by atoms with Gasteiger partial charge < -0.3 is 4.74 Å². The third kappa shape index (κ3) is 1.37. The molecule has 1 saturated carbocycles. The summed E-state index contributed by atoms with van der Waals surface area (Å²) in [6.07, 6.45) is 6.50. The predicted molar refractivity (Wildman–Crippen MR) is 50.5 cm³/mol. The van der Waals surface area contributed by atoms with E-state index in [0.29, 0.717) is 12.3 Å². The largest absolute Gasteiger partial charge is 0.468 e. The molecule has 3 heteroatoms. The minimum absolute atomic E-state index is 0.0653. The van der Waals surface area contributed by atoms with Crippen LogP contribution in [0.1, 0.15) is 19.3 Å². The summed E-state index contributed by atoms with van der Waals surface area (Å²) in [5.41, 5.74) is 0. The van der Waals surface area contributed by atoms with E-state index in [1.807, 2.05) is 0 Å². The van der Waals surface area contributed by atoms with E-state index in [1.165, 1.54) is 7.11 Å². The average Bonchev–Trinajstić information content (AvgIpc) is 2.53. The van der Waals surface area contributed by atoms with E-state index in [-0.39, 0.29) is 17.7 Å². The zero-order valence-electron chi connectivity index (χ0n) is 8.23. The molecule has 3 unspecified atom stereocenters. The fourth-order valence-corrected chi connectivity index (χ4v) is 2.59. The van der Waals surface area contributed by atoms with E-state index in [1.54, 1.807) is 0 Å². The number of esters is 1. The zero-order chi connectivity index (χ0) is 10.1. The van der Waals surface area contributed by atoms with E-state index in [4.69, 9.17) is 0 Å². The summed E-state index contributed by atoms with van der Waals surface area (Å²) in [5, 5.41) is 0. The van der Waals surface area contributed by atoms with Crippen molar-refractivity contribution >= 4 is 11.8 Å². The first-order valence-corrected chi connectivity index (χ1v) is 4.99. The molecule has 0 heterocycles. The highest BCUT2D eigenvalue weighted by Crippen LogP contribution is 2.41. The molecule has 0 amide bonds. The molecule has 0 aromatic rings. The smallest absolute Gasteiger partial charge is 0.316 e. The standard InChI is InChI=1S/C11H14O3/c1-14-11(13)10-8-5-3-2-4-7(8)6-9(10)12/h2-3,7-8,10H,4-6H2,1H3. The third-order valence-corrected chi connectivity index (χ3v) is 3.31. The number of fused-ring (bicyclic) bond motifs is 1. The molecule has 2 rings (SSSR count). The number of carbonyl (C=O) groups excluding carboxylic acids is 2. The Kier molecular flexibility index (Phi) is 2.40. The number of ether oxygens (including phenoxy) is 1. The molecule has 0 N–H and O–H groups in total. The van der Waals surface area contributed by atoms with E-state index < -0.39 is 5.92 Å². The lowest BCUT2D eigenvalue weighted by Crippen LogP contribution is -2.28. The Morgan fingerprint density at radius 1 is 1.43 bits per heavy atom. The van der Waals surface area contributed by atoms with E-state index in [0.717, 1.165) is 12.8 Å². The molecule has 3 atom stereocenters. The van der Waals surface area contributed by atoms with Crippen LogP contribution >= 0.6 is 0 Å². The Labute approximate surface area is 83.1 Å². The lowest BCUT2D eigenvalue weighted by Gasteiger charge is -2.23. The molecule has 0 radical (unpaired) electrons. The summed E-state index contributed by atoms with van der Waals surface area (Å²) in [7, 11) is 1.35. The Hall–Kier alpha value is -1.12. The number of carbonyl (C=O) groups is 2. The van der Waals surface area contributed by atoms with Crippen molar-refractivity contribution in [2.75, 3.05) is 7.11 Å². The monoisotopic (exact) mass is 194 g/mol. The van der Waals surface area contributed by atoms with Crippen molar-refractivity contribution in [3.8, 4) is 0 Å². The van der Waals surface area contributed by atoms with Gasteiger partial charge in [-0.3, -0.25) is 9.59 Å². The average molecular weight is 194 g/mol. The predicted octanol–water partition coefficient (Wildman–Crippen LogP) is 1.33. The van der Waals surface area contributed by atoms with Gasteiger partial charge in [-0.1, -0.05) is 12.2 Å². The molecule has 2 aliphatic rings. The van der Waals surface area contributed by atoms with E-state index >= 15 is 0 Å². The Balaban J connectivity index is 2.19. The summed E-state index contributed by atoms with van der Waals surface area (Å²) >= 11 is 0. The van der Waals surface area contributed by atoms with Crippen molar-refractivity contribution in [3.63, 3.8) is 0 Å². The minimum Gasteiger partial charge on any atom is -0.468 e. The van der Waals surface area contributed by atoms with Crippen LogP contribution < -0.4 is 0 Å². The second-order valence-electron chi connectivity index (χ2n) is 4.04. The highest BCUT2D eigenvalue weighted by molar-refractivity contribution is 6.01. The second kappa shape index (κ2) is 3.56. The van der Waals surface area contributed by atoms with Gasteiger partial charge in [0, 0.05) is 6.42 Å². The van der Waals surface area contributed by atoms with E-state index in [2.05, 4.69) is 16.9 Å². The summed E-state index contributed by atoms with van der Waals surface area (Å²) in [6, 6.07) is 0. The molecule has 0 aromatic carbocycles. The molecule has 0 aromatic heterocycles. The first kappa shape index (κ1) is 9.44.